The Balaban J connectivity index is 2.18. The highest BCUT2D eigenvalue weighted by molar-refractivity contribution is 6.21. The molecule has 0 aliphatic carbocycles. The Labute approximate surface area is 117 Å². The second-order valence-corrected chi connectivity index (χ2v) is 5.09. The number of para-hydroxylation sites is 2. The lowest BCUT2D eigenvalue weighted by atomic mass is 10.1. The van der Waals surface area contributed by atoms with Gasteiger partial charge in [-0.1, -0.05) is 48.5 Å². The van der Waals surface area contributed by atoms with E-state index in [4.69, 9.17) is 2.74 Å². The van der Waals surface area contributed by atoms with Crippen molar-refractivity contribution < 1.29 is 2.74 Å². The summed E-state index contributed by atoms with van der Waals surface area (Å²) in [6.07, 6.45) is 0. The van der Waals surface area contributed by atoms with Gasteiger partial charge >= 0.3 is 0 Å². The maximum Gasteiger partial charge on any atom is 0.0710 e. The molecule has 2 heterocycles. The molecule has 0 aliphatic rings. The Morgan fingerprint density at radius 3 is 1.55 bits per heavy atom. The van der Waals surface area contributed by atoms with Crippen molar-refractivity contribution in [3.63, 3.8) is 0 Å². The fraction of sp³-hybridized carbons (Fsp3) is 0. The topological polar surface area (TPSA) is 31.6 Å². The van der Waals surface area contributed by atoms with Gasteiger partial charge in [-0.05, 0) is 12.1 Å². The summed E-state index contributed by atoms with van der Waals surface area (Å²) < 4.78 is 16.9. The first kappa shape index (κ1) is 8.43. The summed E-state index contributed by atoms with van der Waals surface area (Å²) in [5, 5.41) is 3.63. The quantitative estimate of drug-likeness (QED) is 0.393. The fourth-order valence-corrected chi connectivity index (χ4v) is 3.04. The molecular weight excluding hydrogens is 244 g/mol. The van der Waals surface area contributed by atoms with Gasteiger partial charge in [-0.2, -0.15) is 0 Å². The monoisotopic (exact) mass is 258 g/mol. The van der Waals surface area contributed by atoms with Crippen LogP contribution < -0.4 is 0 Å². The second kappa shape index (κ2) is 3.42. The van der Waals surface area contributed by atoms with Crippen LogP contribution in [-0.4, -0.2) is 9.97 Å². The van der Waals surface area contributed by atoms with E-state index in [0.29, 0.717) is 0 Å². The summed E-state index contributed by atoms with van der Waals surface area (Å²) in [7, 11) is 0. The van der Waals surface area contributed by atoms with Crippen molar-refractivity contribution >= 4 is 43.6 Å². The van der Waals surface area contributed by atoms with E-state index in [1.54, 1.807) is 0 Å². The number of nitrogens with one attached hydrogen (secondary N) is 2. The van der Waals surface area contributed by atoms with E-state index in [0.717, 1.165) is 43.6 Å². The van der Waals surface area contributed by atoms with E-state index < -0.39 is 0 Å². The van der Waals surface area contributed by atoms with E-state index in [1.807, 2.05) is 48.5 Å². The lowest BCUT2D eigenvalue weighted by Crippen LogP contribution is -1.72. The lowest BCUT2D eigenvalue weighted by molar-refractivity contribution is 1.51. The van der Waals surface area contributed by atoms with Crippen molar-refractivity contribution in [2.75, 3.05) is 0 Å². The molecule has 2 nitrogen and oxygen atoms in total. The predicted octanol–water partition coefficient (Wildman–Crippen LogP) is 4.96. The highest BCUT2D eigenvalue weighted by atomic mass is 14.8. The standard InChI is InChI=1S/C18H12N2/c1-3-7-15-11(5-1)13-9-10-14-12-6-2-4-8-16(12)20-18(14)17(13)19-15/h1-10,19-20H/i9D,10D. The number of H-pyrrole nitrogens is 2. The van der Waals surface area contributed by atoms with Gasteiger partial charge in [0.25, 0.3) is 0 Å². The molecule has 2 heteroatoms. The van der Waals surface area contributed by atoms with Crippen LogP contribution in [0.15, 0.2) is 60.6 Å². The van der Waals surface area contributed by atoms with Crippen molar-refractivity contribution in [2.45, 2.75) is 0 Å². The summed E-state index contributed by atoms with van der Waals surface area (Å²) in [6.45, 7) is 0. The van der Waals surface area contributed by atoms with Crippen molar-refractivity contribution in [1.82, 2.24) is 9.97 Å². The zero-order chi connectivity index (χ0) is 14.8. The van der Waals surface area contributed by atoms with Gasteiger partial charge < -0.3 is 9.97 Å². The molecule has 0 saturated heterocycles. The number of hydrogen-bond donors (Lipinski definition) is 2. The Hall–Kier alpha value is -2.74. The normalized spacial score (nSPS) is 13.4. The van der Waals surface area contributed by atoms with Crippen molar-refractivity contribution in [3.05, 3.63) is 60.6 Å². The maximum absolute atomic E-state index is 8.46. The van der Waals surface area contributed by atoms with Gasteiger partial charge in [0.2, 0.25) is 0 Å². The van der Waals surface area contributed by atoms with Crippen LogP contribution in [0.4, 0.5) is 0 Å². The van der Waals surface area contributed by atoms with Crippen LogP contribution in [0.1, 0.15) is 2.74 Å². The summed E-state index contributed by atoms with van der Waals surface area (Å²) in [4.78, 5) is 6.83. The Bertz CT molecular complexity index is 1100. The first-order valence-corrected chi connectivity index (χ1v) is 6.65. The molecule has 0 spiro atoms. The van der Waals surface area contributed by atoms with Gasteiger partial charge in [-0.25, -0.2) is 0 Å². The van der Waals surface area contributed by atoms with Gasteiger partial charge in [-0.3, -0.25) is 0 Å². The van der Waals surface area contributed by atoms with Crippen LogP contribution in [0.25, 0.3) is 43.6 Å². The SMILES string of the molecule is [2H]c1c([2H])c2c3ccccc3[nH]c2c2[nH]c3ccccc3c12. The van der Waals surface area contributed by atoms with Crippen LogP contribution in [0.5, 0.6) is 0 Å². The first-order valence-electron chi connectivity index (χ1n) is 7.65. The first-order chi connectivity index (χ1) is 10.8. The summed E-state index contributed by atoms with van der Waals surface area (Å²) in [5.74, 6) is 0. The van der Waals surface area contributed by atoms with Gasteiger partial charge in [0.15, 0.2) is 0 Å². The molecule has 0 saturated carbocycles. The molecule has 20 heavy (non-hydrogen) atoms. The number of hydrogen-bond acceptors (Lipinski definition) is 0. The van der Waals surface area contributed by atoms with Crippen molar-refractivity contribution in [2.24, 2.45) is 0 Å². The largest absolute Gasteiger partial charge is 0.353 e. The van der Waals surface area contributed by atoms with Crippen LogP contribution in [0.2, 0.25) is 0 Å². The minimum absolute atomic E-state index is 0.282. The molecule has 0 unspecified atom stereocenters. The van der Waals surface area contributed by atoms with Crippen LogP contribution in [0.3, 0.4) is 0 Å². The molecule has 0 amide bonds. The molecule has 0 bridgehead atoms. The summed E-state index contributed by atoms with van der Waals surface area (Å²) >= 11 is 0. The molecule has 0 aliphatic heterocycles. The van der Waals surface area contributed by atoms with Gasteiger partial charge in [0.05, 0.1) is 13.8 Å². The van der Waals surface area contributed by atoms with Gasteiger partial charge in [0.1, 0.15) is 0 Å². The van der Waals surface area contributed by atoms with Gasteiger partial charge in [0, 0.05) is 32.6 Å². The number of benzene rings is 3. The Kier molecular flexibility index (Phi) is 1.44. The molecule has 3 aromatic carbocycles. The third kappa shape index (κ3) is 1.14. The van der Waals surface area contributed by atoms with Crippen LogP contribution in [-0.2, 0) is 0 Å². The lowest BCUT2D eigenvalue weighted by Gasteiger charge is -1.94. The second-order valence-electron chi connectivity index (χ2n) is 5.09. The van der Waals surface area contributed by atoms with E-state index >= 15 is 0 Å². The maximum atomic E-state index is 8.46. The number of rotatable bonds is 0. The molecular formula is C18H12N2. The molecule has 5 aromatic rings. The summed E-state index contributed by atoms with van der Waals surface area (Å²) in [6, 6.07) is 16.5. The number of fused-ring (bicyclic) bond motifs is 7. The van der Waals surface area contributed by atoms with Crippen molar-refractivity contribution in [3.8, 4) is 0 Å². The molecule has 0 radical (unpaired) electrons. The molecule has 94 valence electrons. The van der Waals surface area contributed by atoms with Gasteiger partial charge in [-0.15, -0.1) is 0 Å². The minimum atomic E-state index is 0.282. The highest BCUT2D eigenvalue weighted by Crippen LogP contribution is 2.34. The minimum Gasteiger partial charge on any atom is -0.353 e. The highest BCUT2D eigenvalue weighted by Gasteiger charge is 2.10. The molecule has 2 N–H and O–H groups in total. The molecule has 0 atom stereocenters. The Morgan fingerprint density at radius 1 is 0.600 bits per heavy atom. The predicted molar refractivity (Wildman–Crippen MR) is 85.2 cm³/mol. The number of aromatic amines is 2. The summed E-state index contributed by atoms with van der Waals surface area (Å²) in [5.41, 5.74) is 3.81. The van der Waals surface area contributed by atoms with Crippen molar-refractivity contribution in [1.29, 1.82) is 0 Å². The zero-order valence-corrected chi connectivity index (χ0v) is 10.6. The van der Waals surface area contributed by atoms with E-state index in [1.165, 1.54) is 0 Å². The third-order valence-electron chi connectivity index (χ3n) is 3.97. The number of aromatic nitrogens is 2. The molecule has 5 rings (SSSR count). The van der Waals surface area contributed by atoms with E-state index in [9.17, 15) is 0 Å². The Morgan fingerprint density at radius 2 is 1.05 bits per heavy atom. The fourth-order valence-electron chi connectivity index (χ4n) is 3.04. The van der Waals surface area contributed by atoms with Crippen LogP contribution >= 0.6 is 0 Å². The van der Waals surface area contributed by atoms with E-state index in [2.05, 4.69) is 9.97 Å². The van der Waals surface area contributed by atoms with E-state index in [-0.39, 0.29) is 12.1 Å². The average molecular weight is 258 g/mol. The smallest absolute Gasteiger partial charge is 0.0710 e. The third-order valence-corrected chi connectivity index (χ3v) is 3.97. The molecule has 2 aromatic heterocycles. The van der Waals surface area contributed by atoms with Crippen LogP contribution in [0, 0.1) is 0 Å². The molecule has 0 fully saturated rings. The zero-order valence-electron chi connectivity index (χ0n) is 12.6. The average Bonchev–Trinajstić information content (AvgIpc) is 3.11.